The van der Waals surface area contributed by atoms with Gasteiger partial charge in [0.2, 0.25) is 0 Å². The average molecular weight is 593 g/mol. The van der Waals surface area contributed by atoms with E-state index in [0.29, 0.717) is 60.2 Å². The molecular weight excluding hydrogens is 551 g/mol. The van der Waals surface area contributed by atoms with E-state index in [-0.39, 0.29) is 40.7 Å². The van der Waals surface area contributed by atoms with Crippen LogP contribution in [-0.4, -0.2) is 36.1 Å². The van der Waals surface area contributed by atoms with Crippen LogP contribution in [0.15, 0.2) is 23.1 Å². The van der Waals surface area contributed by atoms with Gasteiger partial charge in [0.1, 0.15) is 21.3 Å². The van der Waals surface area contributed by atoms with Gasteiger partial charge >= 0.3 is 41.5 Å². The van der Waals surface area contributed by atoms with E-state index in [2.05, 4.69) is 13.8 Å². The van der Waals surface area contributed by atoms with Crippen molar-refractivity contribution in [1.82, 2.24) is 0 Å². The molecule has 8 aliphatic carbocycles. The van der Waals surface area contributed by atoms with Crippen molar-refractivity contribution in [3.05, 3.63) is 29.3 Å². The first-order valence-corrected chi connectivity index (χ1v) is 17.0. The van der Waals surface area contributed by atoms with Crippen LogP contribution < -0.4 is 29.6 Å². The fraction of sp³-hybridized carbons (Fsp3) is 0.750. The van der Waals surface area contributed by atoms with E-state index in [1.807, 2.05) is 0 Å². The molecule has 8 saturated carbocycles. The molecule has 9 heteroatoms. The number of rotatable bonds is 7. The second kappa shape index (κ2) is 10.6. The third-order valence-corrected chi connectivity index (χ3v) is 13.2. The normalized spacial score (nSPS) is 41.6. The van der Waals surface area contributed by atoms with E-state index in [1.54, 1.807) is 0 Å². The number of benzene rings is 1. The molecule has 0 heterocycles. The van der Waals surface area contributed by atoms with E-state index < -0.39 is 38.2 Å². The van der Waals surface area contributed by atoms with Crippen LogP contribution in [0.4, 0.5) is 0 Å². The molecule has 1 aromatic rings. The van der Waals surface area contributed by atoms with Crippen LogP contribution in [0, 0.1) is 47.3 Å². The van der Waals surface area contributed by atoms with Gasteiger partial charge in [-0.1, -0.05) is 13.8 Å². The molecular formula is C32H41NaO7S. The van der Waals surface area contributed by atoms with Gasteiger partial charge in [0.05, 0.1) is 16.0 Å². The zero-order valence-corrected chi connectivity index (χ0v) is 27.4. The van der Waals surface area contributed by atoms with Crippen molar-refractivity contribution >= 4 is 22.1 Å². The maximum absolute atomic E-state index is 13.7. The third-order valence-electron chi connectivity index (χ3n) is 12.4. The zero-order chi connectivity index (χ0) is 28.0. The van der Waals surface area contributed by atoms with E-state index in [4.69, 9.17) is 9.47 Å². The maximum Gasteiger partial charge on any atom is 1.00 e. The molecule has 8 fully saturated rings. The van der Waals surface area contributed by atoms with Crippen molar-refractivity contribution in [3.63, 3.8) is 0 Å². The maximum atomic E-state index is 13.7. The van der Waals surface area contributed by atoms with Crippen molar-refractivity contribution < 1.29 is 61.6 Å². The van der Waals surface area contributed by atoms with E-state index in [0.717, 1.165) is 63.5 Å². The first-order chi connectivity index (χ1) is 19.0. The number of hydrogen-bond acceptors (Lipinski definition) is 7. The van der Waals surface area contributed by atoms with Crippen LogP contribution in [0.1, 0.15) is 112 Å². The Kier molecular flexibility index (Phi) is 7.79. The van der Waals surface area contributed by atoms with Crippen LogP contribution in [0.5, 0.6) is 0 Å². The summed E-state index contributed by atoms with van der Waals surface area (Å²) < 4.78 is 49.1. The molecule has 0 unspecified atom stereocenters. The SMILES string of the molecule is CCC1(OC(=O)c2cc(C(=O)OC3(CC)C4CC5CC(C4)CC3C5)cc(S(=O)(=O)[O-])c2)C2CC3CC(C2)CC1C3.[Na+]. The van der Waals surface area contributed by atoms with Gasteiger partial charge in [0.15, 0.2) is 0 Å². The minimum Gasteiger partial charge on any atom is -0.744 e. The Morgan fingerprint density at radius 1 is 0.683 bits per heavy atom. The zero-order valence-electron chi connectivity index (χ0n) is 24.6. The van der Waals surface area contributed by atoms with Gasteiger partial charge in [0, 0.05) is 0 Å². The molecule has 0 saturated heterocycles. The van der Waals surface area contributed by atoms with E-state index in [1.165, 1.54) is 18.9 Å². The fourth-order valence-electron chi connectivity index (χ4n) is 11.0. The minimum absolute atomic E-state index is 0. The Balaban J connectivity index is 0.00000302. The van der Waals surface area contributed by atoms with Gasteiger partial charge in [-0.2, -0.15) is 0 Å². The van der Waals surface area contributed by atoms with Gasteiger partial charge in [-0.15, -0.1) is 0 Å². The predicted molar refractivity (Wildman–Crippen MR) is 145 cm³/mol. The first-order valence-electron chi connectivity index (χ1n) is 15.6. The van der Waals surface area contributed by atoms with Crippen molar-refractivity contribution in [3.8, 4) is 0 Å². The summed E-state index contributed by atoms with van der Waals surface area (Å²) in [7, 11) is -4.92. The second-order valence-electron chi connectivity index (χ2n) is 14.2. The Labute approximate surface area is 265 Å². The van der Waals surface area contributed by atoms with Crippen molar-refractivity contribution in [2.45, 2.75) is 107 Å². The van der Waals surface area contributed by atoms with Crippen LogP contribution in [0.25, 0.3) is 0 Å². The molecule has 0 radical (unpaired) electrons. The van der Waals surface area contributed by atoms with Gasteiger partial charge in [-0.3, -0.25) is 0 Å². The molecule has 0 spiro atoms. The van der Waals surface area contributed by atoms with Gasteiger partial charge < -0.3 is 14.0 Å². The standard InChI is InChI=1S/C32H42O7S.Na/c1-3-31(24-7-18-5-19(9-24)10-25(31)8-18)38-29(33)22-15-23(17-28(16-22)40(35,36)37)30(34)39-32(4-2)26-11-20-6-21(13-26)14-27(32)12-20;/h15-21,24-27H,3-14H2,1-2H3,(H,35,36,37);/q;+1/p-1. The first kappa shape index (κ1) is 30.1. The number of carbonyl (C=O) groups is 2. The topological polar surface area (TPSA) is 110 Å². The van der Waals surface area contributed by atoms with Crippen molar-refractivity contribution in [2.75, 3.05) is 0 Å². The van der Waals surface area contributed by atoms with Crippen LogP contribution in [0.2, 0.25) is 0 Å². The Hall–Kier alpha value is -0.930. The van der Waals surface area contributed by atoms with Gasteiger partial charge in [-0.05, 0) is 143 Å². The van der Waals surface area contributed by atoms with Crippen molar-refractivity contribution in [1.29, 1.82) is 0 Å². The summed E-state index contributed by atoms with van der Waals surface area (Å²) in [6.45, 7) is 4.12. The minimum atomic E-state index is -4.92. The van der Waals surface area contributed by atoms with Gasteiger partial charge in [0.25, 0.3) is 0 Å². The largest absolute Gasteiger partial charge is 1.00 e. The quantitative estimate of drug-likeness (QED) is 0.272. The molecule has 8 bridgehead atoms. The Morgan fingerprint density at radius 2 is 1.00 bits per heavy atom. The summed E-state index contributed by atoms with van der Waals surface area (Å²) >= 11 is 0. The molecule has 8 aliphatic rings. The number of ether oxygens (including phenoxy) is 2. The Morgan fingerprint density at radius 3 is 1.27 bits per heavy atom. The molecule has 0 aliphatic heterocycles. The Bertz CT molecular complexity index is 1200. The molecule has 0 aromatic heterocycles. The number of carbonyl (C=O) groups excluding carboxylic acids is 2. The third kappa shape index (κ3) is 4.86. The molecule has 0 N–H and O–H groups in total. The van der Waals surface area contributed by atoms with Crippen LogP contribution in [0.3, 0.4) is 0 Å². The average Bonchev–Trinajstić information content (AvgIpc) is 2.91. The molecule has 0 atom stereocenters. The van der Waals surface area contributed by atoms with Crippen molar-refractivity contribution in [2.24, 2.45) is 47.3 Å². The van der Waals surface area contributed by atoms with Gasteiger partial charge in [-0.25, -0.2) is 18.0 Å². The van der Waals surface area contributed by atoms with Crippen LogP contribution >= 0.6 is 0 Å². The van der Waals surface area contributed by atoms with E-state index in [9.17, 15) is 22.6 Å². The summed E-state index contributed by atoms with van der Waals surface area (Å²) in [5, 5.41) is 0. The second-order valence-corrected chi connectivity index (χ2v) is 15.6. The molecule has 7 nitrogen and oxygen atoms in total. The number of hydrogen-bond donors (Lipinski definition) is 0. The summed E-state index contributed by atoms with van der Waals surface area (Å²) in [5.74, 6) is 2.69. The smallest absolute Gasteiger partial charge is 0.744 e. The summed E-state index contributed by atoms with van der Waals surface area (Å²) in [4.78, 5) is 26.8. The number of esters is 2. The van der Waals surface area contributed by atoms with Crippen LogP contribution in [-0.2, 0) is 19.6 Å². The van der Waals surface area contributed by atoms with E-state index >= 15 is 0 Å². The summed E-state index contributed by atoms with van der Waals surface area (Å²) in [6, 6.07) is 3.51. The summed E-state index contributed by atoms with van der Waals surface area (Å²) in [5.41, 5.74) is -1.30. The molecule has 41 heavy (non-hydrogen) atoms. The molecule has 218 valence electrons. The summed E-state index contributed by atoms with van der Waals surface area (Å²) in [6.07, 6.45) is 12.4. The molecule has 1 aromatic carbocycles. The molecule has 9 rings (SSSR count). The molecule has 0 amide bonds. The fourth-order valence-corrected chi connectivity index (χ4v) is 11.6. The monoisotopic (exact) mass is 592 g/mol. The predicted octanol–water partition coefficient (Wildman–Crippen LogP) is 3.12.